The Morgan fingerprint density at radius 1 is 0.900 bits per heavy atom. The summed E-state index contributed by atoms with van der Waals surface area (Å²) in [6, 6.07) is 21.7. The van der Waals surface area contributed by atoms with E-state index in [2.05, 4.69) is 5.32 Å². The third-order valence-electron chi connectivity index (χ3n) is 4.47. The van der Waals surface area contributed by atoms with Crippen molar-refractivity contribution in [2.75, 3.05) is 19.0 Å². The van der Waals surface area contributed by atoms with Gasteiger partial charge in [-0.15, -0.1) is 0 Å². The Balaban J connectivity index is 1.52. The number of hydrogen-bond donors (Lipinski definition) is 1. The number of amides is 1. The van der Waals surface area contributed by atoms with E-state index in [4.69, 9.17) is 9.47 Å². The lowest BCUT2D eigenvalue weighted by Gasteiger charge is -2.09. The highest BCUT2D eigenvalue weighted by Crippen LogP contribution is 2.16. The molecule has 1 amide bonds. The number of ether oxygens (including phenoxy) is 2. The van der Waals surface area contributed by atoms with E-state index in [1.54, 1.807) is 37.5 Å². The molecule has 152 valence electrons. The van der Waals surface area contributed by atoms with Gasteiger partial charge in [-0.3, -0.25) is 9.59 Å². The van der Waals surface area contributed by atoms with Gasteiger partial charge in [-0.25, -0.2) is 0 Å². The zero-order chi connectivity index (χ0) is 21.3. The number of carbonyl (C=O) groups excluding carboxylic acids is 2. The molecule has 5 heteroatoms. The number of aryl methyl sites for hydroxylation is 1. The second kappa shape index (κ2) is 10.1. The fraction of sp³-hybridized carbons (Fsp3) is 0.120. The lowest BCUT2D eigenvalue weighted by molar-refractivity contribution is -0.118. The summed E-state index contributed by atoms with van der Waals surface area (Å²) in [5, 5.41) is 2.81. The van der Waals surface area contributed by atoms with Gasteiger partial charge < -0.3 is 14.8 Å². The molecule has 30 heavy (non-hydrogen) atoms. The minimum atomic E-state index is -0.244. The first-order chi connectivity index (χ1) is 14.5. The molecule has 0 radical (unpaired) electrons. The predicted molar refractivity (Wildman–Crippen MR) is 118 cm³/mol. The summed E-state index contributed by atoms with van der Waals surface area (Å²) in [5.74, 6) is 0.925. The van der Waals surface area contributed by atoms with E-state index in [1.165, 1.54) is 6.08 Å². The van der Waals surface area contributed by atoms with E-state index in [-0.39, 0.29) is 18.3 Å². The van der Waals surface area contributed by atoms with Crippen molar-refractivity contribution in [3.63, 3.8) is 0 Å². The van der Waals surface area contributed by atoms with E-state index in [9.17, 15) is 9.59 Å². The number of benzene rings is 3. The molecule has 0 saturated carbocycles. The van der Waals surface area contributed by atoms with Crippen molar-refractivity contribution in [3.8, 4) is 11.5 Å². The second-order valence-corrected chi connectivity index (χ2v) is 6.65. The van der Waals surface area contributed by atoms with E-state index in [0.717, 1.165) is 22.6 Å². The molecule has 3 rings (SSSR count). The highest BCUT2D eigenvalue weighted by atomic mass is 16.5. The molecule has 5 nitrogen and oxygen atoms in total. The van der Waals surface area contributed by atoms with Crippen LogP contribution in [0.15, 0.2) is 78.9 Å². The number of methoxy groups -OCH3 is 1. The number of para-hydroxylation sites is 1. The van der Waals surface area contributed by atoms with Crippen LogP contribution in [0.1, 0.15) is 21.5 Å². The van der Waals surface area contributed by atoms with Crippen molar-refractivity contribution in [1.29, 1.82) is 0 Å². The monoisotopic (exact) mass is 401 g/mol. The van der Waals surface area contributed by atoms with Gasteiger partial charge in [0, 0.05) is 11.3 Å². The Bertz CT molecular complexity index is 1040. The number of allylic oxidation sites excluding steroid dienone is 1. The zero-order valence-corrected chi connectivity index (χ0v) is 16.9. The van der Waals surface area contributed by atoms with Crippen molar-refractivity contribution >= 4 is 23.5 Å². The Labute approximate surface area is 176 Å². The van der Waals surface area contributed by atoms with E-state index in [1.807, 2.05) is 55.5 Å². The third kappa shape index (κ3) is 5.82. The van der Waals surface area contributed by atoms with E-state index in [0.29, 0.717) is 11.3 Å². The van der Waals surface area contributed by atoms with Crippen molar-refractivity contribution < 1.29 is 19.1 Å². The number of carbonyl (C=O) groups is 2. The van der Waals surface area contributed by atoms with Gasteiger partial charge in [0.1, 0.15) is 11.5 Å². The van der Waals surface area contributed by atoms with Gasteiger partial charge >= 0.3 is 0 Å². The molecule has 0 unspecified atom stereocenters. The summed E-state index contributed by atoms with van der Waals surface area (Å²) in [4.78, 5) is 24.4. The maximum atomic E-state index is 12.3. The maximum absolute atomic E-state index is 12.3. The molecule has 1 N–H and O–H groups in total. The topological polar surface area (TPSA) is 64.6 Å². The number of hydrogen-bond acceptors (Lipinski definition) is 4. The van der Waals surface area contributed by atoms with Gasteiger partial charge in [0.2, 0.25) is 0 Å². The molecule has 0 spiro atoms. The fourth-order valence-electron chi connectivity index (χ4n) is 2.75. The van der Waals surface area contributed by atoms with Crippen molar-refractivity contribution in [2.24, 2.45) is 0 Å². The smallest absolute Gasteiger partial charge is 0.262 e. The number of anilines is 1. The molecule has 0 aromatic heterocycles. The summed E-state index contributed by atoms with van der Waals surface area (Å²) < 4.78 is 10.6. The molecule has 0 heterocycles. The van der Waals surface area contributed by atoms with Crippen LogP contribution >= 0.6 is 0 Å². The minimum absolute atomic E-state index is 0.112. The highest BCUT2D eigenvalue weighted by molar-refractivity contribution is 6.06. The Morgan fingerprint density at radius 2 is 1.57 bits per heavy atom. The Hall–Kier alpha value is -3.86. The lowest BCUT2D eigenvalue weighted by Crippen LogP contribution is -2.20. The van der Waals surface area contributed by atoms with Crippen LogP contribution in [0.3, 0.4) is 0 Å². The quantitative estimate of drug-likeness (QED) is 0.430. The largest absolute Gasteiger partial charge is 0.497 e. The Kier molecular flexibility index (Phi) is 7.00. The molecule has 3 aromatic rings. The van der Waals surface area contributed by atoms with Crippen LogP contribution in [0.2, 0.25) is 0 Å². The minimum Gasteiger partial charge on any atom is -0.497 e. The van der Waals surface area contributed by atoms with Crippen LogP contribution in [0.4, 0.5) is 5.69 Å². The normalized spacial score (nSPS) is 10.6. The predicted octanol–water partition coefficient (Wildman–Crippen LogP) is 4.92. The van der Waals surface area contributed by atoms with Crippen molar-refractivity contribution in [2.45, 2.75) is 6.92 Å². The van der Waals surface area contributed by atoms with Crippen LogP contribution in [0, 0.1) is 6.92 Å². The molecule has 0 aliphatic rings. The second-order valence-electron chi connectivity index (χ2n) is 6.65. The SMILES string of the molecule is COc1ccc(/C=C/C(=O)c2ccc(OCC(=O)Nc3ccccc3C)cc2)cc1. The summed E-state index contributed by atoms with van der Waals surface area (Å²) in [5.41, 5.74) is 3.19. The number of ketones is 1. The first-order valence-electron chi connectivity index (χ1n) is 9.50. The molecule has 0 atom stereocenters. The van der Waals surface area contributed by atoms with Crippen molar-refractivity contribution in [1.82, 2.24) is 0 Å². The van der Waals surface area contributed by atoms with Crippen LogP contribution in [0.25, 0.3) is 6.08 Å². The molecule has 0 aliphatic carbocycles. The van der Waals surface area contributed by atoms with Crippen LogP contribution < -0.4 is 14.8 Å². The highest BCUT2D eigenvalue weighted by Gasteiger charge is 2.07. The van der Waals surface area contributed by atoms with Gasteiger partial charge in [0.05, 0.1) is 7.11 Å². The first-order valence-corrected chi connectivity index (χ1v) is 9.50. The zero-order valence-electron chi connectivity index (χ0n) is 16.9. The molecule has 3 aromatic carbocycles. The Morgan fingerprint density at radius 3 is 2.23 bits per heavy atom. The van der Waals surface area contributed by atoms with Gasteiger partial charge in [-0.05, 0) is 66.6 Å². The maximum Gasteiger partial charge on any atom is 0.262 e. The number of nitrogens with one attached hydrogen (secondary N) is 1. The average Bonchev–Trinajstić information content (AvgIpc) is 2.78. The standard InChI is InChI=1S/C25H23NO4/c1-18-5-3-4-6-23(18)26-25(28)17-30-22-14-10-20(11-15-22)24(27)16-9-19-7-12-21(29-2)13-8-19/h3-16H,17H2,1-2H3,(H,26,28)/b16-9+. The summed E-state index contributed by atoms with van der Waals surface area (Å²) in [7, 11) is 1.61. The average molecular weight is 401 g/mol. The fourth-order valence-corrected chi connectivity index (χ4v) is 2.75. The van der Waals surface area contributed by atoms with Gasteiger partial charge in [0.25, 0.3) is 5.91 Å². The first kappa shape index (κ1) is 20.9. The van der Waals surface area contributed by atoms with Crippen molar-refractivity contribution in [3.05, 3.63) is 95.6 Å². The molecule has 0 fully saturated rings. The van der Waals surface area contributed by atoms with Crippen LogP contribution in [0.5, 0.6) is 11.5 Å². The summed E-state index contributed by atoms with van der Waals surface area (Å²) in [6.45, 7) is 1.81. The molecular formula is C25H23NO4. The summed E-state index contributed by atoms with van der Waals surface area (Å²) >= 11 is 0. The molecule has 0 aliphatic heterocycles. The number of rotatable bonds is 8. The molecular weight excluding hydrogens is 378 g/mol. The summed E-state index contributed by atoms with van der Waals surface area (Å²) in [6.07, 6.45) is 3.27. The van der Waals surface area contributed by atoms with Crippen LogP contribution in [-0.4, -0.2) is 25.4 Å². The lowest BCUT2D eigenvalue weighted by atomic mass is 10.1. The van der Waals surface area contributed by atoms with Gasteiger partial charge in [0.15, 0.2) is 12.4 Å². The third-order valence-corrected chi connectivity index (χ3v) is 4.47. The van der Waals surface area contributed by atoms with E-state index < -0.39 is 0 Å². The van der Waals surface area contributed by atoms with E-state index >= 15 is 0 Å². The molecule has 0 saturated heterocycles. The van der Waals surface area contributed by atoms with Gasteiger partial charge in [-0.1, -0.05) is 36.4 Å². The van der Waals surface area contributed by atoms with Gasteiger partial charge in [-0.2, -0.15) is 0 Å². The molecule has 0 bridgehead atoms. The van der Waals surface area contributed by atoms with Crippen LogP contribution in [-0.2, 0) is 4.79 Å².